The Kier molecular flexibility index (Phi) is 5.69. The zero-order valence-corrected chi connectivity index (χ0v) is 17.4. The topological polar surface area (TPSA) is 68.2 Å². The second-order valence-electron chi connectivity index (χ2n) is 6.75. The van der Waals surface area contributed by atoms with Gasteiger partial charge in [0.05, 0.1) is 11.4 Å². The Morgan fingerprint density at radius 1 is 0.963 bits per heavy atom. The quantitative estimate of drug-likeness (QED) is 0.488. The van der Waals surface area contributed by atoms with Crippen LogP contribution < -0.4 is 4.90 Å². The van der Waals surface area contributed by atoms with Gasteiger partial charge in [0.25, 0.3) is 0 Å². The van der Waals surface area contributed by atoms with Crippen molar-refractivity contribution in [3.63, 3.8) is 0 Å². The molecule has 0 unspecified atom stereocenters. The molecule has 0 spiro atoms. The van der Waals surface area contributed by atoms with Gasteiger partial charge in [0, 0.05) is 16.0 Å². The van der Waals surface area contributed by atoms with E-state index in [9.17, 15) is 4.79 Å². The van der Waals surface area contributed by atoms with Gasteiger partial charge < -0.3 is 4.74 Å². The van der Waals surface area contributed by atoms with E-state index < -0.39 is 11.7 Å². The van der Waals surface area contributed by atoms with Crippen LogP contribution >= 0.6 is 22.6 Å². The van der Waals surface area contributed by atoms with E-state index in [1.807, 2.05) is 57.2 Å². The van der Waals surface area contributed by atoms with Crippen LogP contribution in [0.5, 0.6) is 0 Å². The SMILES string of the molecule is CC(C)(C)OC(=O)N(c1ccc(I)cn1)c1cccc(-c2ccccn2)n1. The summed E-state index contributed by atoms with van der Waals surface area (Å²) in [6.07, 6.45) is 2.85. The Morgan fingerprint density at radius 3 is 2.37 bits per heavy atom. The maximum absolute atomic E-state index is 12.9. The average molecular weight is 474 g/mol. The van der Waals surface area contributed by atoms with Gasteiger partial charge in [0.2, 0.25) is 0 Å². The van der Waals surface area contributed by atoms with E-state index in [0.717, 1.165) is 9.26 Å². The summed E-state index contributed by atoms with van der Waals surface area (Å²) in [5, 5.41) is 0. The van der Waals surface area contributed by atoms with Crippen molar-refractivity contribution in [1.82, 2.24) is 15.0 Å². The van der Waals surface area contributed by atoms with Gasteiger partial charge in [0.1, 0.15) is 17.2 Å². The summed E-state index contributed by atoms with van der Waals surface area (Å²) < 4.78 is 6.54. The van der Waals surface area contributed by atoms with Crippen molar-refractivity contribution in [2.45, 2.75) is 26.4 Å². The summed E-state index contributed by atoms with van der Waals surface area (Å²) >= 11 is 2.17. The number of anilines is 2. The highest BCUT2D eigenvalue weighted by Gasteiger charge is 2.27. The lowest BCUT2D eigenvalue weighted by molar-refractivity contribution is 0.0597. The predicted molar refractivity (Wildman–Crippen MR) is 113 cm³/mol. The summed E-state index contributed by atoms with van der Waals surface area (Å²) in [5.41, 5.74) is 0.739. The third-order valence-corrected chi connectivity index (χ3v) is 4.05. The van der Waals surface area contributed by atoms with Crippen LogP contribution in [0.25, 0.3) is 11.4 Å². The first-order valence-electron chi connectivity index (χ1n) is 8.37. The Labute approximate surface area is 171 Å². The van der Waals surface area contributed by atoms with Crippen LogP contribution in [0, 0.1) is 3.57 Å². The molecule has 0 aliphatic carbocycles. The Bertz CT molecular complexity index is 925. The van der Waals surface area contributed by atoms with E-state index in [4.69, 9.17) is 4.74 Å². The molecular formula is C20H19IN4O2. The normalized spacial score (nSPS) is 11.1. The summed E-state index contributed by atoms with van der Waals surface area (Å²) in [5.74, 6) is 0.858. The molecule has 3 aromatic rings. The first-order chi connectivity index (χ1) is 12.8. The zero-order valence-electron chi connectivity index (χ0n) is 15.3. The highest BCUT2D eigenvalue weighted by atomic mass is 127. The van der Waals surface area contributed by atoms with Gasteiger partial charge in [-0.2, -0.15) is 0 Å². The molecule has 7 heteroatoms. The van der Waals surface area contributed by atoms with Crippen molar-refractivity contribution in [1.29, 1.82) is 0 Å². The molecule has 138 valence electrons. The zero-order chi connectivity index (χ0) is 19.4. The molecule has 3 heterocycles. The van der Waals surface area contributed by atoms with Crippen LogP contribution in [0.4, 0.5) is 16.4 Å². The lowest BCUT2D eigenvalue weighted by Gasteiger charge is -2.26. The minimum absolute atomic E-state index is 0.418. The molecule has 3 rings (SSSR count). The fourth-order valence-electron chi connectivity index (χ4n) is 2.32. The van der Waals surface area contributed by atoms with E-state index in [-0.39, 0.29) is 0 Å². The van der Waals surface area contributed by atoms with Crippen molar-refractivity contribution in [3.05, 3.63) is 64.5 Å². The summed E-state index contributed by atoms with van der Waals surface area (Å²) in [7, 11) is 0. The van der Waals surface area contributed by atoms with E-state index in [0.29, 0.717) is 17.3 Å². The lowest BCUT2D eigenvalue weighted by atomic mass is 10.2. The van der Waals surface area contributed by atoms with Crippen LogP contribution in [0.2, 0.25) is 0 Å². The molecule has 0 aliphatic heterocycles. The monoisotopic (exact) mass is 474 g/mol. The first-order valence-corrected chi connectivity index (χ1v) is 9.44. The molecular weight excluding hydrogens is 455 g/mol. The fourth-order valence-corrected chi connectivity index (χ4v) is 2.64. The van der Waals surface area contributed by atoms with Gasteiger partial charge in [-0.05, 0) is 79.8 Å². The largest absolute Gasteiger partial charge is 0.443 e. The van der Waals surface area contributed by atoms with E-state index in [1.54, 1.807) is 24.5 Å². The fraction of sp³-hybridized carbons (Fsp3) is 0.200. The van der Waals surface area contributed by atoms with Crippen molar-refractivity contribution < 1.29 is 9.53 Å². The minimum atomic E-state index is -0.642. The third-order valence-electron chi connectivity index (χ3n) is 3.41. The van der Waals surface area contributed by atoms with Gasteiger partial charge in [-0.3, -0.25) is 4.98 Å². The molecule has 6 nitrogen and oxygen atoms in total. The van der Waals surface area contributed by atoms with E-state index in [1.165, 1.54) is 4.90 Å². The highest BCUT2D eigenvalue weighted by molar-refractivity contribution is 14.1. The molecule has 0 aliphatic rings. The van der Waals surface area contributed by atoms with Gasteiger partial charge in [-0.25, -0.2) is 19.7 Å². The smallest absolute Gasteiger partial charge is 0.421 e. The Morgan fingerprint density at radius 2 is 1.74 bits per heavy atom. The van der Waals surface area contributed by atoms with Crippen LogP contribution in [0.3, 0.4) is 0 Å². The maximum atomic E-state index is 12.9. The van der Waals surface area contributed by atoms with Crippen LogP contribution in [-0.4, -0.2) is 26.6 Å². The minimum Gasteiger partial charge on any atom is -0.443 e. The number of carbonyl (C=O) groups is 1. The number of ether oxygens (including phenoxy) is 1. The summed E-state index contributed by atoms with van der Waals surface area (Å²) in [6.45, 7) is 5.46. The maximum Gasteiger partial charge on any atom is 0.421 e. The van der Waals surface area contributed by atoms with Crippen molar-refractivity contribution in [3.8, 4) is 11.4 Å². The number of amides is 1. The van der Waals surface area contributed by atoms with Crippen molar-refractivity contribution in [2.75, 3.05) is 4.90 Å². The molecule has 0 bridgehead atoms. The highest BCUT2D eigenvalue weighted by Crippen LogP contribution is 2.27. The number of halogens is 1. The molecule has 0 N–H and O–H groups in total. The number of hydrogen-bond acceptors (Lipinski definition) is 5. The number of aromatic nitrogens is 3. The molecule has 27 heavy (non-hydrogen) atoms. The van der Waals surface area contributed by atoms with Gasteiger partial charge in [-0.1, -0.05) is 12.1 Å². The van der Waals surface area contributed by atoms with Crippen molar-refractivity contribution in [2.24, 2.45) is 0 Å². The molecule has 0 atom stereocenters. The second kappa shape index (κ2) is 7.99. The van der Waals surface area contributed by atoms with E-state index >= 15 is 0 Å². The second-order valence-corrected chi connectivity index (χ2v) is 7.99. The number of pyridine rings is 3. The van der Waals surface area contributed by atoms with Crippen LogP contribution in [0.15, 0.2) is 60.9 Å². The van der Waals surface area contributed by atoms with E-state index in [2.05, 4.69) is 37.5 Å². The molecule has 0 saturated heterocycles. The van der Waals surface area contributed by atoms with Crippen molar-refractivity contribution >= 4 is 40.3 Å². The van der Waals surface area contributed by atoms with Gasteiger partial charge in [0.15, 0.2) is 0 Å². The number of hydrogen-bond donors (Lipinski definition) is 0. The van der Waals surface area contributed by atoms with Gasteiger partial charge in [-0.15, -0.1) is 0 Å². The lowest BCUT2D eigenvalue weighted by Crippen LogP contribution is -2.34. The average Bonchev–Trinajstić information content (AvgIpc) is 2.63. The number of carbonyl (C=O) groups excluding carboxylic acids is 1. The Hall–Kier alpha value is -2.55. The number of rotatable bonds is 3. The summed E-state index contributed by atoms with van der Waals surface area (Å²) in [4.78, 5) is 27.6. The predicted octanol–water partition coefficient (Wildman–Crippen LogP) is 5.22. The molecule has 0 radical (unpaired) electrons. The molecule has 0 saturated carbocycles. The summed E-state index contributed by atoms with van der Waals surface area (Å²) in [6, 6.07) is 14.7. The number of nitrogens with zero attached hydrogens (tertiary/aromatic N) is 4. The first kappa shape index (κ1) is 19.2. The van der Waals surface area contributed by atoms with Crippen LogP contribution in [-0.2, 0) is 4.74 Å². The molecule has 0 fully saturated rings. The van der Waals surface area contributed by atoms with Gasteiger partial charge >= 0.3 is 6.09 Å². The molecule has 0 aromatic carbocycles. The third kappa shape index (κ3) is 5.00. The standard InChI is InChI=1S/C20H19IN4O2/c1-20(2,3)27-19(26)25(17-11-10-14(21)13-23-17)18-9-6-8-16(24-18)15-7-4-5-12-22-15/h4-13H,1-3H3. The molecule has 3 aromatic heterocycles. The molecule has 1 amide bonds. The van der Waals surface area contributed by atoms with Crippen LogP contribution in [0.1, 0.15) is 20.8 Å². The Balaban J connectivity index is 2.05.